The molecule has 0 fully saturated rings. The van der Waals surface area contributed by atoms with Crippen LogP contribution >= 0.6 is 0 Å². The van der Waals surface area contributed by atoms with Gasteiger partial charge in [0.05, 0.1) is 12.5 Å². The predicted octanol–water partition coefficient (Wildman–Crippen LogP) is 1.64. The molecule has 1 rings (SSSR count). The molecule has 0 unspecified atom stereocenters. The molecule has 1 aromatic carbocycles. The number of rotatable bonds is 1. The summed E-state index contributed by atoms with van der Waals surface area (Å²) in [6.45, 7) is 1.94. The Kier molecular flexibility index (Phi) is 2.12. The Morgan fingerprint density at radius 1 is 1.55 bits per heavy atom. The zero-order chi connectivity index (χ0) is 8.27. The molecular weight excluding hydrogens is 136 g/mol. The number of nitrogens with two attached hydrogens (primary N) is 1. The zero-order valence-electron chi connectivity index (χ0n) is 6.46. The number of anilines is 1. The molecule has 0 heterocycles. The van der Waals surface area contributed by atoms with E-state index < -0.39 is 0 Å². The van der Waals surface area contributed by atoms with Crippen LogP contribution in [-0.2, 0) is 6.42 Å². The van der Waals surface area contributed by atoms with Gasteiger partial charge in [0.1, 0.15) is 0 Å². The Bertz CT molecular complexity index is 297. The van der Waals surface area contributed by atoms with Crippen LogP contribution in [0.15, 0.2) is 18.2 Å². The Labute approximate surface area is 66.3 Å². The number of nitrogen functional groups attached to an aromatic ring is 1. The van der Waals surface area contributed by atoms with Crippen LogP contribution < -0.4 is 5.73 Å². The highest BCUT2D eigenvalue weighted by atomic mass is 14.6. The molecule has 0 aromatic heterocycles. The molecule has 0 spiro atoms. The first-order valence-electron chi connectivity index (χ1n) is 3.46. The fraction of sp³-hybridized carbons (Fsp3) is 0.222. The van der Waals surface area contributed by atoms with Gasteiger partial charge >= 0.3 is 0 Å². The van der Waals surface area contributed by atoms with Gasteiger partial charge in [0.2, 0.25) is 0 Å². The van der Waals surface area contributed by atoms with Crippen molar-refractivity contribution in [3.05, 3.63) is 29.3 Å². The first-order chi connectivity index (χ1) is 5.25. The van der Waals surface area contributed by atoms with Crippen LogP contribution in [-0.4, -0.2) is 0 Å². The highest BCUT2D eigenvalue weighted by Gasteiger charge is 1.98. The SMILES string of the molecule is Cc1cccc(CC#N)c1N. The van der Waals surface area contributed by atoms with Crippen molar-refractivity contribution in [2.45, 2.75) is 13.3 Å². The van der Waals surface area contributed by atoms with Gasteiger partial charge in [0.25, 0.3) is 0 Å². The normalized spacial score (nSPS) is 9.09. The molecule has 1 aromatic rings. The summed E-state index contributed by atoms with van der Waals surface area (Å²) in [5.74, 6) is 0. The lowest BCUT2D eigenvalue weighted by Gasteiger charge is -2.03. The minimum atomic E-state index is 0.396. The third-order valence-corrected chi connectivity index (χ3v) is 1.68. The molecule has 11 heavy (non-hydrogen) atoms. The number of hydrogen-bond acceptors (Lipinski definition) is 2. The summed E-state index contributed by atoms with van der Waals surface area (Å²) in [7, 11) is 0. The molecule has 0 radical (unpaired) electrons. The Hall–Kier alpha value is -1.49. The number of benzene rings is 1. The first kappa shape index (κ1) is 7.62. The van der Waals surface area contributed by atoms with Crippen molar-refractivity contribution in [3.8, 4) is 6.07 Å². The van der Waals surface area contributed by atoms with Gasteiger partial charge in [-0.2, -0.15) is 5.26 Å². The fourth-order valence-corrected chi connectivity index (χ4v) is 0.981. The number of nitriles is 1. The van der Waals surface area contributed by atoms with Crippen LogP contribution in [0.3, 0.4) is 0 Å². The standard InChI is InChI=1S/C9H10N2/c1-7-3-2-4-8(5-6-10)9(7)11/h2-4H,5,11H2,1H3. The molecule has 2 N–H and O–H groups in total. The molecule has 0 aliphatic carbocycles. The minimum absolute atomic E-state index is 0.396. The zero-order valence-corrected chi connectivity index (χ0v) is 6.46. The monoisotopic (exact) mass is 146 g/mol. The summed E-state index contributed by atoms with van der Waals surface area (Å²) in [4.78, 5) is 0. The Morgan fingerprint density at radius 2 is 2.27 bits per heavy atom. The second kappa shape index (κ2) is 3.07. The lowest BCUT2D eigenvalue weighted by atomic mass is 10.1. The fourth-order valence-electron chi connectivity index (χ4n) is 0.981. The van der Waals surface area contributed by atoms with Crippen molar-refractivity contribution in [1.29, 1.82) is 5.26 Å². The van der Waals surface area contributed by atoms with Gasteiger partial charge in [-0.3, -0.25) is 0 Å². The maximum atomic E-state index is 8.43. The van der Waals surface area contributed by atoms with Crippen LogP contribution in [0.4, 0.5) is 5.69 Å². The second-order valence-electron chi connectivity index (χ2n) is 2.48. The maximum absolute atomic E-state index is 8.43. The average Bonchev–Trinajstić information content (AvgIpc) is 1.99. The van der Waals surface area contributed by atoms with E-state index in [4.69, 9.17) is 11.0 Å². The molecule has 2 heteroatoms. The lowest BCUT2D eigenvalue weighted by molar-refractivity contribution is 1.25. The summed E-state index contributed by atoms with van der Waals surface area (Å²) < 4.78 is 0. The molecular formula is C9H10N2. The van der Waals surface area contributed by atoms with Crippen molar-refractivity contribution in [2.24, 2.45) is 0 Å². The molecule has 56 valence electrons. The van der Waals surface area contributed by atoms with E-state index >= 15 is 0 Å². The Balaban J connectivity index is 3.08. The van der Waals surface area contributed by atoms with E-state index in [1.165, 1.54) is 0 Å². The van der Waals surface area contributed by atoms with Crippen molar-refractivity contribution in [2.75, 3.05) is 5.73 Å². The van der Waals surface area contributed by atoms with E-state index in [0.29, 0.717) is 6.42 Å². The molecule has 2 nitrogen and oxygen atoms in total. The highest BCUT2D eigenvalue weighted by Crippen LogP contribution is 2.16. The Morgan fingerprint density at radius 3 is 2.91 bits per heavy atom. The van der Waals surface area contributed by atoms with Crippen LogP contribution in [0.5, 0.6) is 0 Å². The molecule has 0 saturated heterocycles. The highest BCUT2D eigenvalue weighted by molar-refractivity contribution is 5.53. The summed E-state index contributed by atoms with van der Waals surface area (Å²) >= 11 is 0. The molecule has 0 amide bonds. The van der Waals surface area contributed by atoms with Crippen molar-refractivity contribution in [1.82, 2.24) is 0 Å². The van der Waals surface area contributed by atoms with Crippen LogP contribution in [0.2, 0.25) is 0 Å². The minimum Gasteiger partial charge on any atom is -0.398 e. The first-order valence-corrected chi connectivity index (χ1v) is 3.46. The third-order valence-electron chi connectivity index (χ3n) is 1.68. The molecule has 0 aliphatic heterocycles. The van der Waals surface area contributed by atoms with Crippen LogP contribution in [0.25, 0.3) is 0 Å². The van der Waals surface area contributed by atoms with E-state index in [-0.39, 0.29) is 0 Å². The largest absolute Gasteiger partial charge is 0.398 e. The molecule has 0 aliphatic rings. The van der Waals surface area contributed by atoms with Crippen molar-refractivity contribution >= 4 is 5.69 Å². The number of hydrogen-bond donors (Lipinski definition) is 1. The van der Waals surface area contributed by atoms with Gasteiger partial charge in [0, 0.05) is 5.69 Å². The number of nitrogens with zero attached hydrogens (tertiary/aromatic N) is 1. The summed E-state index contributed by atoms with van der Waals surface area (Å²) in [6, 6.07) is 7.81. The van der Waals surface area contributed by atoms with Gasteiger partial charge in [0.15, 0.2) is 0 Å². The summed E-state index contributed by atoms with van der Waals surface area (Å²) in [5, 5.41) is 8.43. The van der Waals surface area contributed by atoms with E-state index in [1.54, 1.807) is 0 Å². The van der Waals surface area contributed by atoms with Gasteiger partial charge in [-0.1, -0.05) is 18.2 Å². The van der Waals surface area contributed by atoms with E-state index in [9.17, 15) is 0 Å². The van der Waals surface area contributed by atoms with E-state index in [2.05, 4.69) is 6.07 Å². The number of para-hydroxylation sites is 1. The van der Waals surface area contributed by atoms with Gasteiger partial charge < -0.3 is 5.73 Å². The average molecular weight is 146 g/mol. The van der Waals surface area contributed by atoms with Crippen molar-refractivity contribution < 1.29 is 0 Å². The van der Waals surface area contributed by atoms with Gasteiger partial charge in [-0.25, -0.2) is 0 Å². The van der Waals surface area contributed by atoms with Crippen LogP contribution in [0.1, 0.15) is 11.1 Å². The smallest absolute Gasteiger partial charge is 0.0670 e. The quantitative estimate of drug-likeness (QED) is 0.612. The molecule has 0 bridgehead atoms. The second-order valence-corrected chi connectivity index (χ2v) is 2.48. The van der Waals surface area contributed by atoms with Gasteiger partial charge in [-0.15, -0.1) is 0 Å². The number of aryl methyl sites for hydroxylation is 1. The van der Waals surface area contributed by atoms with Gasteiger partial charge in [-0.05, 0) is 18.1 Å². The maximum Gasteiger partial charge on any atom is 0.0670 e. The predicted molar refractivity (Wildman–Crippen MR) is 44.9 cm³/mol. The third kappa shape index (κ3) is 1.50. The van der Waals surface area contributed by atoms with E-state index in [0.717, 1.165) is 16.8 Å². The lowest BCUT2D eigenvalue weighted by Crippen LogP contribution is -1.95. The summed E-state index contributed by atoms with van der Waals surface area (Å²) in [6.07, 6.45) is 0.396. The van der Waals surface area contributed by atoms with E-state index in [1.807, 2.05) is 25.1 Å². The molecule has 0 saturated carbocycles. The molecule has 0 atom stereocenters. The van der Waals surface area contributed by atoms with Crippen LogP contribution in [0, 0.1) is 18.3 Å². The van der Waals surface area contributed by atoms with Crippen molar-refractivity contribution in [3.63, 3.8) is 0 Å². The summed E-state index contributed by atoms with van der Waals surface area (Å²) in [5.41, 5.74) is 8.43. The topological polar surface area (TPSA) is 49.8 Å².